The summed E-state index contributed by atoms with van der Waals surface area (Å²) in [5.74, 6) is 1.92. The number of urea groups is 1. The first-order valence-corrected chi connectivity index (χ1v) is 7.77. The number of carbonyl (C=O) groups excluding carboxylic acids is 1. The molecule has 1 aliphatic carbocycles. The van der Waals surface area contributed by atoms with Crippen molar-refractivity contribution in [1.29, 1.82) is 0 Å². The van der Waals surface area contributed by atoms with Crippen molar-refractivity contribution in [3.05, 3.63) is 59.4 Å². The van der Waals surface area contributed by atoms with Gasteiger partial charge in [-0.05, 0) is 23.3 Å². The first-order chi connectivity index (χ1) is 12.1. The van der Waals surface area contributed by atoms with Crippen molar-refractivity contribution in [3.63, 3.8) is 0 Å². The molecule has 0 radical (unpaired) electrons. The molecule has 0 bridgehead atoms. The number of hydrogen-bond acceptors (Lipinski definition) is 3. The first kappa shape index (κ1) is 16.8. The minimum atomic E-state index is -0.700. The van der Waals surface area contributed by atoms with Gasteiger partial charge in [0, 0.05) is 12.5 Å². The molecule has 1 aliphatic rings. The van der Waals surface area contributed by atoms with Crippen LogP contribution in [0.25, 0.3) is 0 Å². The predicted molar refractivity (Wildman–Crippen MR) is 91.8 cm³/mol. The Morgan fingerprint density at radius 2 is 2.16 bits per heavy atom. The molecule has 0 heterocycles. The quantitative estimate of drug-likeness (QED) is 0.750. The Labute approximate surface area is 144 Å². The van der Waals surface area contributed by atoms with Crippen LogP contribution in [0.5, 0.6) is 5.75 Å². The van der Waals surface area contributed by atoms with Gasteiger partial charge in [0.15, 0.2) is 0 Å². The summed E-state index contributed by atoms with van der Waals surface area (Å²) in [7, 11) is 0. The van der Waals surface area contributed by atoms with Gasteiger partial charge >= 0.3 is 6.03 Å². The number of aliphatic hydroxyl groups excluding tert-OH is 1. The SMILES string of the molecule is C#CCOc1cc(F)ccc1NC(=O)N[C@@H]1c2ccccc2C[C@@H]1O. The number of hydrogen-bond donors (Lipinski definition) is 3. The van der Waals surface area contributed by atoms with Crippen molar-refractivity contribution in [1.82, 2.24) is 5.32 Å². The fraction of sp³-hybridized carbons (Fsp3) is 0.211. The molecule has 0 unspecified atom stereocenters. The van der Waals surface area contributed by atoms with Crippen LogP contribution < -0.4 is 15.4 Å². The lowest BCUT2D eigenvalue weighted by atomic mass is 10.1. The number of terminal acetylenes is 1. The van der Waals surface area contributed by atoms with Crippen molar-refractivity contribution < 1.29 is 19.0 Å². The molecule has 25 heavy (non-hydrogen) atoms. The molecule has 3 N–H and O–H groups in total. The van der Waals surface area contributed by atoms with Gasteiger partial charge in [-0.15, -0.1) is 6.42 Å². The molecule has 0 saturated heterocycles. The van der Waals surface area contributed by atoms with Crippen LogP contribution in [0.4, 0.5) is 14.9 Å². The third-order valence-corrected chi connectivity index (χ3v) is 3.99. The Kier molecular flexibility index (Phi) is 4.87. The lowest BCUT2D eigenvalue weighted by molar-refractivity contribution is 0.144. The summed E-state index contributed by atoms with van der Waals surface area (Å²) < 4.78 is 18.6. The topological polar surface area (TPSA) is 70.6 Å². The van der Waals surface area contributed by atoms with Crippen LogP contribution in [0.1, 0.15) is 17.2 Å². The van der Waals surface area contributed by atoms with Gasteiger partial charge in [0.2, 0.25) is 0 Å². The third-order valence-electron chi connectivity index (χ3n) is 3.99. The van der Waals surface area contributed by atoms with E-state index in [0.29, 0.717) is 6.42 Å². The van der Waals surface area contributed by atoms with Gasteiger partial charge in [0.1, 0.15) is 18.2 Å². The second kappa shape index (κ2) is 7.24. The highest BCUT2D eigenvalue weighted by Crippen LogP contribution is 2.31. The zero-order valence-electron chi connectivity index (χ0n) is 13.3. The molecular formula is C19H17FN2O3. The summed E-state index contributed by atoms with van der Waals surface area (Å²) in [6.45, 7) is -0.0472. The van der Waals surface area contributed by atoms with Gasteiger partial charge in [-0.3, -0.25) is 0 Å². The highest BCUT2D eigenvalue weighted by molar-refractivity contribution is 5.91. The molecule has 2 aromatic carbocycles. The lowest BCUT2D eigenvalue weighted by Gasteiger charge is -2.19. The van der Waals surface area contributed by atoms with Gasteiger partial charge in [0.05, 0.1) is 17.8 Å². The molecule has 0 aliphatic heterocycles. The Hall–Kier alpha value is -3.04. The maximum atomic E-state index is 13.4. The highest BCUT2D eigenvalue weighted by Gasteiger charge is 2.31. The first-order valence-electron chi connectivity index (χ1n) is 7.77. The van der Waals surface area contributed by atoms with Gasteiger partial charge in [0.25, 0.3) is 0 Å². The molecule has 3 rings (SSSR count). The zero-order chi connectivity index (χ0) is 17.8. The van der Waals surface area contributed by atoms with Gasteiger partial charge in [-0.2, -0.15) is 0 Å². The van der Waals surface area contributed by atoms with E-state index in [1.165, 1.54) is 12.1 Å². The van der Waals surface area contributed by atoms with Crippen LogP contribution >= 0.6 is 0 Å². The number of nitrogens with one attached hydrogen (secondary N) is 2. The lowest BCUT2D eigenvalue weighted by Crippen LogP contribution is -2.36. The molecule has 6 heteroatoms. The van der Waals surface area contributed by atoms with Gasteiger partial charge in [-0.25, -0.2) is 9.18 Å². The van der Waals surface area contributed by atoms with E-state index in [9.17, 15) is 14.3 Å². The molecule has 0 aromatic heterocycles. The highest BCUT2D eigenvalue weighted by atomic mass is 19.1. The molecule has 2 amide bonds. The number of aliphatic hydroxyl groups is 1. The van der Waals surface area contributed by atoms with Crippen LogP contribution in [0, 0.1) is 18.2 Å². The molecule has 0 saturated carbocycles. The molecule has 2 aromatic rings. The van der Waals surface area contributed by atoms with Crippen LogP contribution in [0.2, 0.25) is 0 Å². The molecular weight excluding hydrogens is 323 g/mol. The number of amides is 2. The summed E-state index contributed by atoms with van der Waals surface area (Å²) in [4.78, 5) is 12.3. The Morgan fingerprint density at radius 1 is 1.36 bits per heavy atom. The van der Waals surface area contributed by atoms with E-state index in [0.717, 1.165) is 17.2 Å². The average molecular weight is 340 g/mol. The van der Waals surface area contributed by atoms with E-state index < -0.39 is 24.0 Å². The molecule has 5 nitrogen and oxygen atoms in total. The smallest absolute Gasteiger partial charge is 0.319 e. The summed E-state index contributed by atoms with van der Waals surface area (Å²) in [6.07, 6.45) is 4.92. The zero-order valence-corrected chi connectivity index (χ0v) is 13.3. The second-order valence-electron chi connectivity index (χ2n) is 5.68. The summed E-state index contributed by atoms with van der Waals surface area (Å²) >= 11 is 0. The number of ether oxygens (including phenoxy) is 1. The molecule has 2 atom stereocenters. The third kappa shape index (κ3) is 3.73. The number of halogens is 1. The minimum Gasteiger partial charge on any atom is -0.479 e. The van der Waals surface area contributed by atoms with E-state index in [2.05, 4.69) is 16.6 Å². The maximum absolute atomic E-state index is 13.4. The van der Waals surface area contributed by atoms with E-state index in [-0.39, 0.29) is 18.0 Å². The number of rotatable bonds is 4. The van der Waals surface area contributed by atoms with Crippen molar-refractivity contribution in [2.24, 2.45) is 0 Å². The van der Waals surface area contributed by atoms with E-state index in [4.69, 9.17) is 11.2 Å². The molecule has 128 valence electrons. The Balaban J connectivity index is 1.72. The minimum absolute atomic E-state index is 0.0472. The number of fused-ring (bicyclic) bond motifs is 1. The summed E-state index contributed by atoms with van der Waals surface area (Å²) in [5, 5.41) is 15.5. The van der Waals surface area contributed by atoms with Crippen LogP contribution in [-0.4, -0.2) is 23.8 Å². The Morgan fingerprint density at radius 3 is 2.96 bits per heavy atom. The van der Waals surface area contributed by atoms with E-state index >= 15 is 0 Å². The monoisotopic (exact) mass is 340 g/mol. The number of benzene rings is 2. The summed E-state index contributed by atoms with van der Waals surface area (Å²) in [6, 6.07) is 10.2. The van der Waals surface area contributed by atoms with E-state index in [1.54, 1.807) is 0 Å². The second-order valence-corrected chi connectivity index (χ2v) is 5.68. The van der Waals surface area contributed by atoms with E-state index in [1.807, 2.05) is 24.3 Å². The van der Waals surface area contributed by atoms with Crippen LogP contribution in [0.3, 0.4) is 0 Å². The van der Waals surface area contributed by atoms with Crippen molar-refractivity contribution in [2.45, 2.75) is 18.6 Å². The molecule has 0 fully saturated rings. The van der Waals surface area contributed by atoms with Gasteiger partial charge < -0.3 is 20.5 Å². The van der Waals surface area contributed by atoms with Gasteiger partial charge in [-0.1, -0.05) is 30.2 Å². The largest absolute Gasteiger partial charge is 0.479 e. The summed E-state index contributed by atoms with van der Waals surface area (Å²) in [5.41, 5.74) is 2.17. The Bertz CT molecular complexity index is 832. The molecule has 0 spiro atoms. The predicted octanol–water partition coefficient (Wildman–Crippen LogP) is 2.62. The van der Waals surface area contributed by atoms with Crippen LogP contribution in [0.15, 0.2) is 42.5 Å². The van der Waals surface area contributed by atoms with Crippen molar-refractivity contribution in [3.8, 4) is 18.1 Å². The van der Waals surface area contributed by atoms with Crippen molar-refractivity contribution in [2.75, 3.05) is 11.9 Å². The fourth-order valence-electron chi connectivity index (χ4n) is 2.89. The van der Waals surface area contributed by atoms with Crippen LogP contribution in [-0.2, 0) is 6.42 Å². The fourth-order valence-corrected chi connectivity index (χ4v) is 2.89. The van der Waals surface area contributed by atoms with Crippen molar-refractivity contribution >= 4 is 11.7 Å². The normalized spacial score (nSPS) is 18.1. The number of anilines is 1. The standard InChI is InChI=1S/C19H17FN2O3/c1-2-9-25-17-11-13(20)7-8-15(17)21-19(24)22-18-14-6-4-3-5-12(14)10-16(18)23/h1,3-8,11,16,18,23H,9-10H2,(H2,21,22,24)/t16-,18+/m0/s1. The maximum Gasteiger partial charge on any atom is 0.319 e. The number of carbonyl (C=O) groups is 1. The average Bonchev–Trinajstić information content (AvgIpc) is 2.91.